The molecular weight excluding hydrogens is 258 g/mol. The molecule has 3 rings (SSSR count). The topological polar surface area (TPSA) is 18.5 Å². The van der Waals surface area contributed by atoms with Crippen molar-refractivity contribution < 1.29 is 0 Å². The minimum absolute atomic E-state index is 0.708. The van der Waals surface area contributed by atoms with Crippen LogP contribution in [-0.2, 0) is 6.54 Å². The lowest BCUT2D eigenvalue weighted by atomic mass is 9.89. The van der Waals surface area contributed by atoms with E-state index < -0.39 is 0 Å². The zero-order chi connectivity index (χ0) is 14.5. The van der Waals surface area contributed by atoms with E-state index in [1.54, 1.807) is 0 Å². The highest BCUT2D eigenvalue weighted by Gasteiger charge is 2.30. The van der Waals surface area contributed by atoms with Crippen LogP contribution >= 0.6 is 0 Å². The summed E-state index contributed by atoms with van der Waals surface area (Å²) in [5.41, 5.74) is 1.44. The Hall–Kier alpha value is -0.900. The Labute approximate surface area is 129 Å². The van der Waals surface area contributed by atoms with E-state index >= 15 is 0 Å². The first-order chi connectivity index (χ1) is 10.4. The Kier molecular flexibility index (Phi) is 5.28. The van der Waals surface area contributed by atoms with E-state index in [1.165, 1.54) is 57.4 Å². The van der Waals surface area contributed by atoms with Gasteiger partial charge in [-0.15, -0.1) is 0 Å². The molecule has 2 aliphatic rings. The molecule has 1 aromatic carbocycles. The van der Waals surface area contributed by atoms with E-state index in [1.807, 2.05) is 0 Å². The Bertz CT molecular complexity index is 412. The lowest BCUT2D eigenvalue weighted by Crippen LogP contribution is -2.56. The van der Waals surface area contributed by atoms with Crippen molar-refractivity contribution in [2.75, 3.05) is 33.2 Å². The number of likely N-dealkylation sites (N-methyl/N-ethyl adjacent to an activating group) is 1. The van der Waals surface area contributed by atoms with Gasteiger partial charge in [-0.3, -0.25) is 9.80 Å². The number of hydrogen-bond acceptors (Lipinski definition) is 3. The van der Waals surface area contributed by atoms with Gasteiger partial charge < -0.3 is 5.32 Å². The van der Waals surface area contributed by atoms with Crippen molar-refractivity contribution >= 4 is 0 Å². The monoisotopic (exact) mass is 287 g/mol. The standard InChI is InChI=1S/C18H29N3/c1-19-17-9-5-6-10-18(17)21-13-11-20(12-14-21)15-16-7-3-2-4-8-16/h2-4,7-8,17-19H,5-6,9-15H2,1H3. The molecule has 1 aliphatic heterocycles. The Balaban J connectivity index is 1.50. The van der Waals surface area contributed by atoms with Crippen LogP contribution in [0.5, 0.6) is 0 Å². The molecule has 1 saturated carbocycles. The molecule has 0 radical (unpaired) electrons. The number of nitrogens with zero attached hydrogens (tertiary/aromatic N) is 2. The summed E-state index contributed by atoms with van der Waals surface area (Å²) in [6.45, 7) is 5.99. The predicted molar refractivity (Wildman–Crippen MR) is 88.4 cm³/mol. The van der Waals surface area contributed by atoms with E-state index in [0.29, 0.717) is 6.04 Å². The normalized spacial score (nSPS) is 28.6. The fourth-order valence-electron chi connectivity index (χ4n) is 3.98. The summed E-state index contributed by atoms with van der Waals surface area (Å²) in [6, 6.07) is 12.3. The molecule has 0 bridgehead atoms. The van der Waals surface area contributed by atoms with Gasteiger partial charge in [0.2, 0.25) is 0 Å². The third-order valence-electron chi connectivity index (χ3n) is 5.23. The van der Waals surface area contributed by atoms with Crippen LogP contribution in [0.25, 0.3) is 0 Å². The summed E-state index contributed by atoms with van der Waals surface area (Å²) >= 11 is 0. The van der Waals surface area contributed by atoms with Gasteiger partial charge >= 0.3 is 0 Å². The van der Waals surface area contributed by atoms with Crippen molar-refractivity contribution in [2.45, 2.75) is 44.3 Å². The van der Waals surface area contributed by atoms with Crippen LogP contribution in [0.15, 0.2) is 30.3 Å². The molecule has 0 spiro atoms. The van der Waals surface area contributed by atoms with Crippen LogP contribution in [-0.4, -0.2) is 55.1 Å². The zero-order valence-corrected chi connectivity index (χ0v) is 13.3. The quantitative estimate of drug-likeness (QED) is 0.917. The molecule has 1 saturated heterocycles. The molecule has 3 nitrogen and oxygen atoms in total. The molecule has 2 fully saturated rings. The van der Waals surface area contributed by atoms with E-state index in [9.17, 15) is 0 Å². The largest absolute Gasteiger partial charge is 0.315 e. The van der Waals surface area contributed by atoms with Crippen LogP contribution in [0.1, 0.15) is 31.2 Å². The maximum Gasteiger partial charge on any atom is 0.0250 e. The fourth-order valence-corrected chi connectivity index (χ4v) is 3.98. The molecule has 116 valence electrons. The van der Waals surface area contributed by atoms with E-state index in [2.05, 4.69) is 52.5 Å². The van der Waals surface area contributed by atoms with Crippen LogP contribution in [0.2, 0.25) is 0 Å². The van der Waals surface area contributed by atoms with Gasteiger partial charge in [0.05, 0.1) is 0 Å². The van der Waals surface area contributed by atoms with Crippen molar-refractivity contribution in [1.29, 1.82) is 0 Å². The Morgan fingerprint density at radius 3 is 2.43 bits per heavy atom. The minimum Gasteiger partial charge on any atom is -0.315 e. The number of benzene rings is 1. The molecule has 3 heteroatoms. The summed E-state index contributed by atoms with van der Waals surface area (Å²) in [5.74, 6) is 0. The van der Waals surface area contributed by atoms with E-state index in [0.717, 1.165) is 12.6 Å². The Morgan fingerprint density at radius 2 is 1.71 bits per heavy atom. The number of nitrogens with one attached hydrogen (secondary N) is 1. The highest BCUT2D eigenvalue weighted by atomic mass is 15.3. The van der Waals surface area contributed by atoms with Crippen molar-refractivity contribution in [3.05, 3.63) is 35.9 Å². The molecule has 21 heavy (non-hydrogen) atoms. The first-order valence-corrected chi connectivity index (χ1v) is 8.54. The predicted octanol–water partition coefficient (Wildman–Crippen LogP) is 2.33. The van der Waals surface area contributed by atoms with Gasteiger partial charge in [0.1, 0.15) is 0 Å². The average molecular weight is 287 g/mol. The summed E-state index contributed by atoms with van der Waals surface area (Å²) in [4.78, 5) is 5.34. The van der Waals surface area contributed by atoms with Crippen molar-refractivity contribution in [3.63, 3.8) is 0 Å². The van der Waals surface area contributed by atoms with Crippen molar-refractivity contribution in [2.24, 2.45) is 0 Å². The SMILES string of the molecule is CNC1CCCCC1N1CCN(Cc2ccccc2)CC1. The van der Waals surface area contributed by atoms with Gasteiger partial charge in [0.15, 0.2) is 0 Å². The molecule has 0 aromatic heterocycles. The zero-order valence-electron chi connectivity index (χ0n) is 13.3. The van der Waals surface area contributed by atoms with Gasteiger partial charge in [-0.05, 0) is 25.5 Å². The van der Waals surface area contributed by atoms with Gasteiger partial charge in [-0.25, -0.2) is 0 Å². The number of hydrogen-bond donors (Lipinski definition) is 1. The Morgan fingerprint density at radius 1 is 1.00 bits per heavy atom. The van der Waals surface area contributed by atoms with Crippen LogP contribution in [0.4, 0.5) is 0 Å². The first kappa shape index (κ1) is 15.0. The summed E-state index contributed by atoms with van der Waals surface area (Å²) in [7, 11) is 2.13. The highest BCUT2D eigenvalue weighted by molar-refractivity contribution is 5.14. The molecule has 1 aromatic rings. The molecular formula is C18H29N3. The number of rotatable bonds is 4. The smallest absolute Gasteiger partial charge is 0.0250 e. The lowest BCUT2D eigenvalue weighted by Gasteiger charge is -2.44. The molecule has 1 heterocycles. The van der Waals surface area contributed by atoms with E-state index in [4.69, 9.17) is 0 Å². The summed E-state index contributed by atoms with van der Waals surface area (Å²) in [6.07, 6.45) is 5.54. The van der Waals surface area contributed by atoms with E-state index in [-0.39, 0.29) is 0 Å². The van der Waals surface area contributed by atoms with Crippen molar-refractivity contribution in [1.82, 2.24) is 15.1 Å². The second kappa shape index (κ2) is 7.39. The maximum absolute atomic E-state index is 3.55. The number of piperazine rings is 1. The second-order valence-corrected chi connectivity index (χ2v) is 6.54. The van der Waals surface area contributed by atoms with Gasteiger partial charge in [0.25, 0.3) is 0 Å². The third kappa shape index (κ3) is 3.85. The van der Waals surface area contributed by atoms with Crippen LogP contribution in [0.3, 0.4) is 0 Å². The molecule has 1 N–H and O–H groups in total. The minimum atomic E-state index is 0.708. The third-order valence-corrected chi connectivity index (χ3v) is 5.23. The average Bonchev–Trinajstić information content (AvgIpc) is 2.56. The van der Waals surface area contributed by atoms with Gasteiger partial charge in [-0.2, -0.15) is 0 Å². The van der Waals surface area contributed by atoms with Gasteiger partial charge in [0, 0.05) is 44.8 Å². The molecule has 2 atom stereocenters. The van der Waals surface area contributed by atoms with Gasteiger partial charge in [-0.1, -0.05) is 43.2 Å². The van der Waals surface area contributed by atoms with Crippen molar-refractivity contribution in [3.8, 4) is 0 Å². The fraction of sp³-hybridized carbons (Fsp3) is 0.667. The summed E-state index contributed by atoms with van der Waals surface area (Å²) < 4.78 is 0. The summed E-state index contributed by atoms with van der Waals surface area (Å²) in [5, 5.41) is 3.55. The highest BCUT2D eigenvalue weighted by Crippen LogP contribution is 2.24. The first-order valence-electron chi connectivity index (χ1n) is 8.54. The lowest BCUT2D eigenvalue weighted by molar-refractivity contribution is 0.0601. The second-order valence-electron chi connectivity index (χ2n) is 6.54. The molecule has 2 unspecified atom stereocenters. The van der Waals surface area contributed by atoms with Crippen LogP contribution in [0, 0.1) is 0 Å². The maximum atomic E-state index is 3.55. The molecule has 1 aliphatic carbocycles. The van der Waals surface area contributed by atoms with Crippen LogP contribution < -0.4 is 5.32 Å². The molecule has 0 amide bonds.